The third-order valence-electron chi connectivity index (χ3n) is 4.53. The maximum absolute atomic E-state index is 12.7. The second-order valence-electron chi connectivity index (χ2n) is 6.55. The molecule has 0 saturated carbocycles. The third-order valence-corrected chi connectivity index (χ3v) is 4.53. The van der Waals surface area contributed by atoms with Gasteiger partial charge in [0.1, 0.15) is 12.2 Å². The van der Waals surface area contributed by atoms with E-state index in [-0.39, 0.29) is 25.5 Å². The fourth-order valence-corrected chi connectivity index (χ4v) is 2.96. The van der Waals surface area contributed by atoms with Gasteiger partial charge in [0.15, 0.2) is 11.4 Å². The molecule has 3 N–H and O–H groups in total. The summed E-state index contributed by atoms with van der Waals surface area (Å²) in [6, 6.07) is 8.16. The number of benzene rings is 1. The summed E-state index contributed by atoms with van der Waals surface area (Å²) in [6.07, 6.45) is 1.15. The normalized spacial score (nSPS) is 13.1. The zero-order chi connectivity index (χ0) is 21.8. The second kappa shape index (κ2) is 8.66. The first-order valence-corrected chi connectivity index (χ1v) is 8.99. The minimum atomic E-state index is -1.02. The molecule has 1 aromatic carbocycles. The summed E-state index contributed by atoms with van der Waals surface area (Å²) in [5.41, 5.74) is 2.94. The predicted molar refractivity (Wildman–Crippen MR) is 106 cm³/mol. The first kappa shape index (κ1) is 20.9. The van der Waals surface area contributed by atoms with Crippen molar-refractivity contribution in [3.63, 3.8) is 0 Å². The number of carbonyl (C=O) groups excluding carboxylic acids is 3. The Kier molecular flexibility index (Phi) is 6.02. The molecule has 0 radical (unpaired) electrons. The van der Waals surface area contributed by atoms with Crippen molar-refractivity contribution < 1.29 is 24.2 Å². The lowest BCUT2D eigenvalue weighted by atomic mass is 10.2. The number of rotatable bonds is 5. The first-order chi connectivity index (χ1) is 14.3. The molecule has 0 atom stereocenters. The first-order valence-electron chi connectivity index (χ1n) is 8.99. The molecule has 11 heteroatoms. The smallest absolute Gasteiger partial charge is 0.277 e. The number of hydrogen-bond acceptors (Lipinski definition) is 7. The standard InChI is InChI=1S/C19H21N5O6/c1-22-11-23(8-9-30-2)19(29)14-16(26)15(25)13(10-24(14)22)18(28)21-20-17(27)12-6-4-3-5-7-12/h3-7,10,26H,8-9,11H2,1-2H3,(H,20,27)(H,21,28). The number of hydrazine groups is 1. The van der Waals surface area contributed by atoms with Gasteiger partial charge in [-0.1, -0.05) is 18.2 Å². The number of ether oxygens (including phenoxy) is 1. The average molecular weight is 415 g/mol. The van der Waals surface area contributed by atoms with Crippen LogP contribution in [-0.4, -0.2) is 66.4 Å². The summed E-state index contributed by atoms with van der Waals surface area (Å²) in [6.45, 7) is 0.705. The van der Waals surface area contributed by atoms with Crippen molar-refractivity contribution in [1.82, 2.24) is 20.4 Å². The maximum atomic E-state index is 12.7. The number of aromatic hydroxyl groups is 1. The zero-order valence-electron chi connectivity index (χ0n) is 16.4. The van der Waals surface area contributed by atoms with Gasteiger partial charge in [-0.3, -0.25) is 39.7 Å². The quantitative estimate of drug-likeness (QED) is 0.548. The van der Waals surface area contributed by atoms with Crippen molar-refractivity contribution in [2.45, 2.75) is 0 Å². The van der Waals surface area contributed by atoms with E-state index in [2.05, 4.69) is 10.9 Å². The highest BCUT2D eigenvalue weighted by Crippen LogP contribution is 2.20. The van der Waals surface area contributed by atoms with Crippen LogP contribution in [0.15, 0.2) is 41.3 Å². The molecule has 30 heavy (non-hydrogen) atoms. The van der Waals surface area contributed by atoms with Crippen molar-refractivity contribution in [1.29, 1.82) is 0 Å². The van der Waals surface area contributed by atoms with E-state index in [0.717, 1.165) is 6.20 Å². The van der Waals surface area contributed by atoms with Gasteiger partial charge >= 0.3 is 0 Å². The molecule has 1 aromatic heterocycles. The van der Waals surface area contributed by atoms with Crippen LogP contribution < -0.4 is 21.3 Å². The number of fused-ring (bicyclic) bond motifs is 1. The van der Waals surface area contributed by atoms with Gasteiger partial charge in [-0.2, -0.15) is 0 Å². The molecule has 3 amide bonds. The van der Waals surface area contributed by atoms with Gasteiger partial charge in [0.2, 0.25) is 5.43 Å². The van der Waals surface area contributed by atoms with Crippen molar-refractivity contribution in [3.8, 4) is 5.75 Å². The fraction of sp³-hybridized carbons (Fsp3) is 0.263. The Balaban J connectivity index is 1.84. The van der Waals surface area contributed by atoms with Crippen LogP contribution in [0.1, 0.15) is 31.2 Å². The molecule has 158 valence electrons. The van der Waals surface area contributed by atoms with Crippen molar-refractivity contribution in [2.24, 2.45) is 0 Å². The summed E-state index contributed by atoms with van der Waals surface area (Å²) in [5, 5.41) is 11.9. The van der Waals surface area contributed by atoms with Gasteiger partial charge in [0.25, 0.3) is 17.7 Å². The highest BCUT2D eigenvalue weighted by Gasteiger charge is 2.33. The van der Waals surface area contributed by atoms with Gasteiger partial charge in [0.05, 0.1) is 6.61 Å². The Hall–Kier alpha value is -3.86. The second-order valence-corrected chi connectivity index (χ2v) is 6.55. The average Bonchev–Trinajstić information content (AvgIpc) is 2.75. The molecule has 1 aliphatic rings. The number of methoxy groups -OCH3 is 1. The van der Waals surface area contributed by atoms with Gasteiger partial charge in [-0.05, 0) is 12.1 Å². The van der Waals surface area contributed by atoms with E-state index >= 15 is 0 Å². The number of hydrogen-bond donors (Lipinski definition) is 3. The van der Waals surface area contributed by atoms with E-state index in [1.807, 2.05) is 0 Å². The molecule has 2 aromatic rings. The molecule has 0 spiro atoms. The van der Waals surface area contributed by atoms with Crippen molar-refractivity contribution >= 4 is 17.7 Å². The number of nitrogens with one attached hydrogen (secondary N) is 2. The minimum absolute atomic E-state index is 0.156. The highest BCUT2D eigenvalue weighted by molar-refractivity contribution is 6.01. The van der Waals surface area contributed by atoms with Gasteiger partial charge in [-0.25, -0.2) is 0 Å². The summed E-state index contributed by atoms with van der Waals surface area (Å²) in [5.74, 6) is -2.93. The Morgan fingerprint density at radius 1 is 1.13 bits per heavy atom. The molecule has 0 bridgehead atoms. The minimum Gasteiger partial charge on any atom is -0.502 e. The summed E-state index contributed by atoms with van der Waals surface area (Å²) in [4.78, 5) is 51.1. The lowest BCUT2D eigenvalue weighted by molar-refractivity contribution is 0.0629. The Bertz CT molecular complexity index is 1040. The van der Waals surface area contributed by atoms with E-state index in [4.69, 9.17) is 4.74 Å². The van der Waals surface area contributed by atoms with Crippen molar-refractivity contribution in [3.05, 3.63) is 63.6 Å². The van der Waals surface area contributed by atoms with E-state index in [0.29, 0.717) is 5.56 Å². The lowest BCUT2D eigenvalue weighted by Crippen LogP contribution is -2.53. The highest BCUT2D eigenvalue weighted by atomic mass is 16.5. The number of amides is 3. The Labute approximate surface area is 171 Å². The number of pyridine rings is 1. The molecule has 0 fully saturated rings. The molecule has 0 unspecified atom stereocenters. The van der Waals surface area contributed by atoms with Gasteiger partial charge in [-0.15, -0.1) is 0 Å². The molecular weight excluding hydrogens is 394 g/mol. The largest absolute Gasteiger partial charge is 0.502 e. The van der Waals surface area contributed by atoms with Gasteiger partial charge in [0, 0.05) is 32.5 Å². The topological polar surface area (TPSA) is 133 Å². The van der Waals surface area contributed by atoms with Crippen LogP contribution >= 0.6 is 0 Å². The third kappa shape index (κ3) is 3.96. The number of aromatic nitrogens is 1. The van der Waals surface area contributed by atoms with Crippen LogP contribution in [0.25, 0.3) is 0 Å². The predicted octanol–water partition coefficient (Wildman–Crippen LogP) is -0.744. The van der Waals surface area contributed by atoms with Crippen molar-refractivity contribution in [2.75, 3.05) is 39.0 Å². The van der Waals surface area contributed by atoms with Crippen LogP contribution in [-0.2, 0) is 4.74 Å². The van der Waals surface area contributed by atoms with Gasteiger partial charge < -0.3 is 14.7 Å². The van der Waals surface area contributed by atoms with Crippen LogP contribution in [0.5, 0.6) is 5.75 Å². The Morgan fingerprint density at radius 2 is 1.80 bits per heavy atom. The van der Waals surface area contributed by atoms with E-state index < -0.39 is 34.5 Å². The number of carbonyl (C=O) groups is 3. The molecule has 1 aliphatic heterocycles. The maximum Gasteiger partial charge on any atom is 0.277 e. The Morgan fingerprint density at radius 3 is 2.47 bits per heavy atom. The van der Waals surface area contributed by atoms with Crippen LogP contribution in [0.4, 0.5) is 0 Å². The SMILES string of the molecule is COCCN1CN(C)n2cc(C(=O)NNC(=O)c3ccccc3)c(=O)c(O)c2C1=O. The summed E-state index contributed by atoms with van der Waals surface area (Å²) in [7, 11) is 3.12. The zero-order valence-corrected chi connectivity index (χ0v) is 16.4. The summed E-state index contributed by atoms with van der Waals surface area (Å²) < 4.78 is 6.20. The monoisotopic (exact) mass is 415 g/mol. The van der Waals surface area contributed by atoms with E-state index in [1.54, 1.807) is 42.4 Å². The molecule has 11 nitrogen and oxygen atoms in total. The van der Waals surface area contributed by atoms with Crippen LogP contribution in [0.2, 0.25) is 0 Å². The fourth-order valence-electron chi connectivity index (χ4n) is 2.96. The molecule has 0 aliphatic carbocycles. The number of nitrogens with zero attached hydrogens (tertiary/aromatic N) is 3. The van der Waals surface area contributed by atoms with Crippen LogP contribution in [0, 0.1) is 0 Å². The lowest BCUT2D eigenvalue weighted by Gasteiger charge is -2.37. The molecule has 3 rings (SSSR count). The van der Waals surface area contributed by atoms with E-state index in [1.165, 1.54) is 16.7 Å². The molecule has 2 heterocycles. The summed E-state index contributed by atoms with van der Waals surface area (Å²) >= 11 is 0. The molecular formula is C19H21N5O6. The van der Waals surface area contributed by atoms with Crippen LogP contribution in [0.3, 0.4) is 0 Å². The molecule has 0 saturated heterocycles. The van der Waals surface area contributed by atoms with E-state index in [9.17, 15) is 24.3 Å².